The average Bonchev–Trinajstić information content (AvgIpc) is 3.01. The maximum absolute atomic E-state index is 11.4. The zero-order chi connectivity index (χ0) is 23.5. The fourth-order valence-electron chi connectivity index (χ4n) is 5.12. The molecule has 0 bridgehead atoms. The first kappa shape index (κ1) is 22.8. The van der Waals surface area contributed by atoms with Crippen molar-refractivity contribution in [1.82, 2.24) is 4.90 Å². The quantitative estimate of drug-likeness (QED) is 0.581. The molecule has 1 heterocycles. The topological polar surface area (TPSA) is 63.4 Å². The average molecular weight is 471 g/mol. The summed E-state index contributed by atoms with van der Waals surface area (Å²) in [6, 6.07) is 24.5. The van der Waals surface area contributed by atoms with Crippen LogP contribution >= 0.6 is 0 Å². The van der Waals surface area contributed by atoms with Crippen LogP contribution in [0.3, 0.4) is 0 Å². The zero-order valence-electron chi connectivity index (χ0n) is 19.3. The number of hydrogen-bond donors (Lipinski definition) is 1. The van der Waals surface area contributed by atoms with Gasteiger partial charge in [-0.1, -0.05) is 78.4 Å². The van der Waals surface area contributed by atoms with Crippen molar-refractivity contribution in [3.63, 3.8) is 0 Å². The maximum atomic E-state index is 11.4. The molecule has 34 heavy (non-hydrogen) atoms. The second-order valence-corrected chi connectivity index (χ2v) is 10.7. The van der Waals surface area contributed by atoms with Gasteiger partial charge in [0.1, 0.15) is 0 Å². The Morgan fingerprint density at radius 3 is 1.88 bits per heavy atom. The molecule has 5 heteroatoms. The van der Waals surface area contributed by atoms with Gasteiger partial charge in [-0.15, -0.1) is 0 Å². The van der Waals surface area contributed by atoms with E-state index in [1.807, 2.05) is 6.08 Å². The highest BCUT2D eigenvalue weighted by molar-refractivity contribution is 7.89. The first-order valence-corrected chi connectivity index (χ1v) is 13.4. The molecule has 1 fully saturated rings. The summed E-state index contributed by atoms with van der Waals surface area (Å²) in [5, 5.41) is 5.17. The van der Waals surface area contributed by atoms with E-state index >= 15 is 0 Å². The van der Waals surface area contributed by atoms with Crippen LogP contribution in [0.4, 0.5) is 0 Å². The van der Waals surface area contributed by atoms with Crippen molar-refractivity contribution < 1.29 is 8.42 Å². The van der Waals surface area contributed by atoms with Crippen molar-refractivity contribution in [2.75, 3.05) is 19.6 Å². The number of benzene rings is 3. The van der Waals surface area contributed by atoms with Crippen LogP contribution in [0.5, 0.6) is 0 Å². The van der Waals surface area contributed by atoms with E-state index in [2.05, 4.69) is 59.5 Å². The molecule has 1 aliphatic carbocycles. The van der Waals surface area contributed by atoms with E-state index in [0.717, 1.165) is 50.9 Å². The number of nitrogens with two attached hydrogens (primary N) is 1. The minimum absolute atomic E-state index is 0.142. The molecule has 1 aliphatic heterocycles. The highest BCUT2D eigenvalue weighted by Gasteiger charge is 2.23. The summed E-state index contributed by atoms with van der Waals surface area (Å²) >= 11 is 0. The van der Waals surface area contributed by atoms with Gasteiger partial charge in [0.2, 0.25) is 10.0 Å². The van der Waals surface area contributed by atoms with E-state index in [0.29, 0.717) is 0 Å². The summed E-state index contributed by atoms with van der Waals surface area (Å²) in [5.41, 5.74) is 9.76. The van der Waals surface area contributed by atoms with Crippen LogP contribution in [0.15, 0.2) is 89.3 Å². The first-order chi connectivity index (χ1) is 16.5. The number of rotatable bonds is 4. The van der Waals surface area contributed by atoms with E-state index < -0.39 is 10.0 Å². The summed E-state index contributed by atoms with van der Waals surface area (Å²) < 4.78 is 22.8. The van der Waals surface area contributed by atoms with Crippen molar-refractivity contribution in [2.45, 2.75) is 30.6 Å². The van der Waals surface area contributed by atoms with E-state index in [9.17, 15) is 8.42 Å². The molecular weight excluding hydrogens is 440 g/mol. The number of primary sulfonamides is 1. The molecule has 0 spiro atoms. The predicted octanol–water partition coefficient (Wildman–Crippen LogP) is 5.04. The number of aryl methyl sites for hydroxylation is 2. The highest BCUT2D eigenvalue weighted by Crippen LogP contribution is 2.38. The lowest BCUT2D eigenvalue weighted by molar-refractivity contribution is 0.284. The van der Waals surface area contributed by atoms with Crippen LogP contribution in [-0.2, 0) is 22.9 Å². The van der Waals surface area contributed by atoms with Gasteiger partial charge in [-0.05, 0) is 71.2 Å². The molecule has 0 amide bonds. The third-order valence-corrected chi connectivity index (χ3v) is 7.86. The normalized spacial score (nSPS) is 16.9. The largest absolute Gasteiger partial charge is 0.299 e. The second kappa shape index (κ2) is 9.71. The van der Waals surface area contributed by atoms with Crippen LogP contribution in [0, 0.1) is 0 Å². The molecule has 0 radical (unpaired) electrons. The summed E-state index contributed by atoms with van der Waals surface area (Å²) in [6.07, 6.45) is 8.54. The van der Waals surface area contributed by atoms with Crippen LogP contribution < -0.4 is 5.14 Å². The van der Waals surface area contributed by atoms with Gasteiger partial charge < -0.3 is 0 Å². The molecule has 2 N–H and O–H groups in total. The van der Waals surface area contributed by atoms with Crippen LogP contribution in [0.2, 0.25) is 0 Å². The van der Waals surface area contributed by atoms with E-state index in [1.165, 1.54) is 27.8 Å². The van der Waals surface area contributed by atoms with Gasteiger partial charge >= 0.3 is 0 Å². The van der Waals surface area contributed by atoms with E-state index in [4.69, 9.17) is 5.14 Å². The van der Waals surface area contributed by atoms with Crippen LogP contribution in [-0.4, -0.2) is 33.0 Å². The number of likely N-dealkylation sites (tertiary alicyclic amines) is 1. The molecule has 0 atom stereocenters. The predicted molar refractivity (Wildman–Crippen MR) is 139 cm³/mol. The van der Waals surface area contributed by atoms with Crippen LogP contribution in [0.1, 0.15) is 40.7 Å². The number of fused-ring (bicyclic) bond motifs is 2. The maximum Gasteiger partial charge on any atom is 0.238 e. The SMILES string of the molecule is NS(=O)(=O)c1ccc(/C=C/CN2CCC(=C3c4ccccc4CCc4ccccc43)CC2)cc1. The lowest BCUT2D eigenvalue weighted by Gasteiger charge is -2.29. The molecule has 174 valence electrons. The van der Waals surface area contributed by atoms with Gasteiger partial charge in [0.15, 0.2) is 0 Å². The summed E-state index contributed by atoms with van der Waals surface area (Å²) in [5.74, 6) is 0. The molecule has 0 aromatic heterocycles. The fraction of sp³-hybridized carbons (Fsp3) is 0.241. The number of sulfonamides is 1. The van der Waals surface area contributed by atoms with E-state index in [-0.39, 0.29) is 4.90 Å². The number of piperidine rings is 1. The van der Waals surface area contributed by atoms with Gasteiger partial charge in [0, 0.05) is 19.6 Å². The van der Waals surface area contributed by atoms with Crippen molar-refractivity contribution in [3.8, 4) is 0 Å². The van der Waals surface area contributed by atoms with Crippen LogP contribution in [0.25, 0.3) is 11.6 Å². The molecule has 1 saturated heterocycles. The minimum atomic E-state index is -3.65. The Hall–Kier alpha value is -2.99. The second-order valence-electron chi connectivity index (χ2n) is 9.11. The molecule has 4 nitrogen and oxygen atoms in total. The molecule has 0 saturated carbocycles. The third-order valence-electron chi connectivity index (χ3n) is 6.93. The Morgan fingerprint density at radius 1 is 0.765 bits per heavy atom. The van der Waals surface area contributed by atoms with Gasteiger partial charge in [-0.3, -0.25) is 4.90 Å². The summed E-state index contributed by atoms with van der Waals surface area (Å²) in [4.78, 5) is 2.62. The number of nitrogens with zero attached hydrogens (tertiary/aromatic N) is 1. The van der Waals surface area contributed by atoms with Gasteiger partial charge in [-0.25, -0.2) is 13.6 Å². The van der Waals surface area contributed by atoms with Crippen molar-refractivity contribution >= 4 is 21.7 Å². The Kier molecular flexibility index (Phi) is 6.50. The van der Waals surface area contributed by atoms with Crippen molar-refractivity contribution in [3.05, 3.63) is 112 Å². The molecular formula is C29H30N2O2S. The van der Waals surface area contributed by atoms with E-state index in [1.54, 1.807) is 29.8 Å². The molecule has 3 aromatic carbocycles. The smallest absolute Gasteiger partial charge is 0.238 e. The Balaban J connectivity index is 1.31. The highest BCUT2D eigenvalue weighted by atomic mass is 32.2. The zero-order valence-corrected chi connectivity index (χ0v) is 20.1. The molecule has 2 aliphatic rings. The molecule has 0 unspecified atom stereocenters. The number of hydrogen-bond acceptors (Lipinski definition) is 3. The fourth-order valence-corrected chi connectivity index (χ4v) is 5.64. The minimum Gasteiger partial charge on any atom is -0.299 e. The standard InChI is InChI=1S/C29H30N2O2S/c30-34(32,33)26-15-11-22(12-16-26)6-5-19-31-20-17-25(18-21-31)29-27-9-3-1-7-23(27)13-14-24-8-2-4-10-28(24)29/h1-12,15-16H,13-14,17-21H2,(H2,30,32,33)/b6-5+. The van der Waals surface area contributed by atoms with Gasteiger partial charge in [-0.2, -0.15) is 0 Å². The lowest BCUT2D eigenvalue weighted by atomic mass is 9.86. The molecule has 3 aromatic rings. The molecule has 5 rings (SSSR count). The Morgan fingerprint density at radius 2 is 1.32 bits per heavy atom. The Bertz CT molecular complexity index is 1300. The lowest BCUT2D eigenvalue weighted by Crippen LogP contribution is -2.31. The third kappa shape index (κ3) is 4.92. The summed E-state index contributed by atoms with van der Waals surface area (Å²) in [7, 11) is -3.65. The van der Waals surface area contributed by atoms with Gasteiger partial charge in [0.25, 0.3) is 0 Å². The van der Waals surface area contributed by atoms with Crippen molar-refractivity contribution in [2.24, 2.45) is 5.14 Å². The Labute approximate surface area is 202 Å². The summed E-state index contributed by atoms with van der Waals surface area (Å²) in [6.45, 7) is 2.96. The van der Waals surface area contributed by atoms with Crippen molar-refractivity contribution in [1.29, 1.82) is 0 Å². The first-order valence-electron chi connectivity index (χ1n) is 11.9. The van der Waals surface area contributed by atoms with Gasteiger partial charge in [0.05, 0.1) is 4.90 Å². The monoisotopic (exact) mass is 470 g/mol.